The van der Waals surface area contributed by atoms with Crippen LogP contribution in [0.3, 0.4) is 0 Å². The lowest BCUT2D eigenvalue weighted by Crippen LogP contribution is -2.46. The van der Waals surface area contributed by atoms with E-state index in [1.165, 1.54) is 42.7 Å². The second-order valence-electron chi connectivity index (χ2n) is 6.75. The standard InChI is InChI=1S/C18H27ClN3O3P/c1-14(19)24-26(23)25-22-13-5-12-20-18(22)21-17-10-8-16(9-11-17)15-6-3-2-4-7-15/h8-11,14-15,26H,2-7,12-13H2,1H3,(H,20,21). The Balaban J connectivity index is 1.66. The van der Waals surface area contributed by atoms with E-state index in [-0.39, 0.29) is 0 Å². The monoisotopic (exact) mass is 399 g/mol. The van der Waals surface area contributed by atoms with Gasteiger partial charge in [0.05, 0.1) is 12.2 Å². The predicted molar refractivity (Wildman–Crippen MR) is 105 cm³/mol. The molecule has 144 valence electrons. The Bertz CT molecular complexity index is 633. The highest BCUT2D eigenvalue weighted by Crippen LogP contribution is 2.33. The average Bonchev–Trinajstić information content (AvgIpc) is 2.64. The molecule has 26 heavy (non-hydrogen) atoms. The molecule has 2 fully saturated rings. The van der Waals surface area contributed by atoms with Crippen molar-refractivity contribution in [2.75, 3.05) is 13.1 Å². The molecule has 6 nitrogen and oxygen atoms in total. The minimum absolute atomic E-state index is 0.547. The quantitative estimate of drug-likeness (QED) is 0.542. The number of hydroxylamine groups is 2. The van der Waals surface area contributed by atoms with E-state index in [1.54, 1.807) is 6.92 Å². The van der Waals surface area contributed by atoms with Gasteiger partial charge in [-0.15, -0.1) is 0 Å². The van der Waals surface area contributed by atoms with Crippen molar-refractivity contribution in [1.82, 2.24) is 10.4 Å². The molecule has 1 aliphatic carbocycles. The third-order valence-corrected chi connectivity index (χ3v) is 5.86. The first-order chi connectivity index (χ1) is 12.6. The summed E-state index contributed by atoms with van der Waals surface area (Å²) in [4.78, 5) is 4.61. The highest BCUT2D eigenvalue weighted by atomic mass is 35.5. The fourth-order valence-electron chi connectivity index (χ4n) is 3.42. The van der Waals surface area contributed by atoms with Crippen molar-refractivity contribution in [2.24, 2.45) is 4.99 Å². The minimum atomic E-state index is -2.71. The van der Waals surface area contributed by atoms with Gasteiger partial charge in [-0.1, -0.05) is 43.0 Å². The molecular weight excluding hydrogens is 373 g/mol. The summed E-state index contributed by atoms with van der Waals surface area (Å²) in [6, 6.07) is 8.41. The lowest BCUT2D eigenvalue weighted by atomic mass is 9.84. The second-order valence-corrected chi connectivity index (χ2v) is 8.28. The Labute approximate surface area is 160 Å². The summed E-state index contributed by atoms with van der Waals surface area (Å²) in [5, 5.41) is 4.69. The van der Waals surface area contributed by atoms with Gasteiger partial charge in [0, 0.05) is 6.54 Å². The molecule has 1 heterocycles. The van der Waals surface area contributed by atoms with Crippen LogP contribution in [0.15, 0.2) is 29.3 Å². The van der Waals surface area contributed by atoms with Gasteiger partial charge < -0.3 is 5.32 Å². The number of hydrogen-bond donors (Lipinski definition) is 1. The number of rotatable bonds is 6. The first-order valence-corrected chi connectivity index (χ1v) is 11.0. The summed E-state index contributed by atoms with van der Waals surface area (Å²) in [7, 11) is -2.71. The number of nitrogens with zero attached hydrogens (tertiary/aromatic N) is 2. The van der Waals surface area contributed by atoms with Crippen molar-refractivity contribution < 1.29 is 13.7 Å². The number of halogens is 1. The molecule has 1 saturated heterocycles. The van der Waals surface area contributed by atoms with E-state index in [2.05, 4.69) is 22.4 Å². The molecule has 2 aliphatic rings. The molecule has 1 aromatic carbocycles. The van der Waals surface area contributed by atoms with Gasteiger partial charge >= 0.3 is 8.25 Å². The highest BCUT2D eigenvalue weighted by molar-refractivity contribution is 7.33. The molecule has 1 aromatic rings. The molecule has 2 atom stereocenters. The van der Waals surface area contributed by atoms with Crippen LogP contribution in [0.4, 0.5) is 5.69 Å². The largest absolute Gasteiger partial charge is 0.354 e. The highest BCUT2D eigenvalue weighted by Gasteiger charge is 2.21. The SMILES string of the molecule is CC(Cl)O[PH](=O)ON1CCCNC1=Nc1ccc(C2CCCCC2)cc1. The maximum atomic E-state index is 11.9. The van der Waals surface area contributed by atoms with E-state index < -0.39 is 13.8 Å². The van der Waals surface area contributed by atoms with E-state index in [1.807, 2.05) is 12.1 Å². The van der Waals surface area contributed by atoms with Gasteiger partial charge in [0.15, 0.2) is 0 Å². The number of guanidine groups is 1. The van der Waals surface area contributed by atoms with Gasteiger partial charge in [0.25, 0.3) is 0 Å². The predicted octanol–water partition coefficient (Wildman–Crippen LogP) is 4.94. The smallest absolute Gasteiger partial charge is 0.341 e. The normalized spacial score (nSPS) is 22.8. The van der Waals surface area contributed by atoms with Crippen molar-refractivity contribution in [3.05, 3.63) is 29.8 Å². The molecule has 0 aromatic heterocycles. The average molecular weight is 400 g/mol. The molecular formula is C18H27ClN3O3P. The maximum absolute atomic E-state index is 11.9. The van der Waals surface area contributed by atoms with E-state index in [0.717, 1.165) is 18.7 Å². The van der Waals surface area contributed by atoms with Crippen molar-refractivity contribution in [3.8, 4) is 0 Å². The summed E-state index contributed by atoms with van der Waals surface area (Å²) in [5.41, 5.74) is 1.58. The molecule has 3 rings (SSSR count). The van der Waals surface area contributed by atoms with Gasteiger partial charge in [-0.25, -0.2) is 10.1 Å². The van der Waals surface area contributed by atoms with Crippen molar-refractivity contribution in [2.45, 2.75) is 56.9 Å². The van der Waals surface area contributed by atoms with Crippen molar-refractivity contribution in [3.63, 3.8) is 0 Å². The van der Waals surface area contributed by atoms with E-state index >= 15 is 0 Å². The van der Waals surface area contributed by atoms with Crippen LogP contribution in [0, 0.1) is 0 Å². The van der Waals surface area contributed by atoms with Gasteiger partial charge in [-0.05, 0) is 49.8 Å². The van der Waals surface area contributed by atoms with Crippen LogP contribution >= 0.6 is 19.9 Å². The first kappa shape index (κ1) is 19.7. The fraction of sp³-hybridized carbons (Fsp3) is 0.611. The molecule has 0 spiro atoms. The number of benzene rings is 1. The third kappa shape index (κ3) is 5.71. The summed E-state index contributed by atoms with van der Waals surface area (Å²) in [5.74, 6) is 1.23. The van der Waals surface area contributed by atoms with Gasteiger partial charge in [-0.3, -0.25) is 9.09 Å². The first-order valence-electron chi connectivity index (χ1n) is 9.34. The number of nitrogens with one attached hydrogen (secondary N) is 1. The molecule has 0 amide bonds. The Hall–Kier alpha value is -1.07. The van der Waals surface area contributed by atoms with Crippen LogP contribution in [0.5, 0.6) is 0 Å². The molecule has 1 N–H and O–H groups in total. The van der Waals surface area contributed by atoms with Crippen molar-refractivity contribution in [1.29, 1.82) is 0 Å². The summed E-state index contributed by atoms with van der Waals surface area (Å²) < 4.78 is 22.3. The van der Waals surface area contributed by atoms with E-state index in [0.29, 0.717) is 18.4 Å². The molecule has 1 aliphatic heterocycles. The fourth-order valence-corrected chi connectivity index (χ4v) is 4.31. The van der Waals surface area contributed by atoms with Crippen LogP contribution in [-0.4, -0.2) is 29.7 Å². The Morgan fingerprint density at radius 3 is 2.65 bits per heavy atom. The topological polar surface area (TPSA) is 63.2 Å². The van der Waals surface area contributed by atoms with E-state index in [4.69, 9.17) is 20.7 Å². The zero-order valence-electron chi connectivity index (χ0n) is 15.1. The number of alkyl halides is 1. The minimum Gasteiger partial charge on any atom is -0.354 e. The lowest BCUT2D eigenvalue weighted by Gasteiger charge is -2.29. The van der Waals surface area contributed by atoms with Gasteiger partial charge in [-0.2, -0.15) is 4.62 Å². The molecule has 8 heteroatoms. The molecule has 2 unspecified atom stereocenters. The van der Waals surface area contributed by atoms with Gasteiger partial charge in [0.2, 0.25) is 5.96 Å². The Kier molecular flexibility index (Phi) is 7.38. The van der Waals surface area contributed by atoms with Crippen LogP contribution in [-0.2, 0) is 13.7 Å². The van der Waals surface area contributed by atoms with Crippen LogP contribution < -0.4 is 5.32 Å². The van der Waals surface area contributed by atoms with Gasteiger partial charge in [0.1, 0.15) is 5.56 Å². The Morgan fingerprint density at radius 2 is 1.96 bits per heavy atom. The Morgan fingerprint density at radius 1 is 1.23 bits per heavy atom. The van der Waals surface area contributed by atoms with Crippen LogP contribution in [0.1, 0.15) is 56.9 Å². The van der Waals surface area contributed by atoms with Crippen LogP contribution in [0.2, 0.25) is 0 Å². The number of aliphatic imine (C=N–C) groups is 1. The maximum Gasteiger partial charge on any atom is 0.341 e. The molecule has 0 radical (unpaired) electrons. The summed E-state index contributed by atoms with van der Waals surface area (Å²) in [6.45, 7) is 3.00. The molecule has 1 saturated carbocycles. The van der Waals surface area contributed by atoms with E-state index in [9.17, 15) is 4.57 Å². The van der Waals surface area contributed by atoms with Crippen molar-refractivity contribution >= 4 is 31.5 Å². The second kappa shape index (κ2) is 9.75. The third-order valence-electron chi connectivity index (χ3n) is 4.71. The summed E-state index contributed by atoms with van der Waals surface area (Å²) in [6.07, 6.45) is 7.44. The zero-order chi connectivity index (χ0) is 18.4. The summed E-state index contributed by atoms with van der Waals surface area (Å²) >= 11 is 5.69. The van der Waals surface area contributed by atoms with Crippen LogP contribution in [0.25, 0.3) is 0 Å². The molecule has 0 bridgehead atoms. The number of hydrogen-bond acceptors (Lipinski definition) is 4. The zero-order valence-corrected chi connectivity index (χ0v) is 16.9. The lowest BCUT2D eigenvalue weighted by molar-refractivity contribution is -0.00373.